The zero-order valence-corrected chi connectivity index (χ0v) is 17.9. The summed E-state index contributed by atoms with van der Waals surface area (Å²) in [7, 11) is 1.71. The standard InChI is InChI=1S/C24H33N3O2/c1-4-26(5-2)21-12-11-20(24(28)16-21)17-25-18-23(27-13-6-7-14-27)19-9-8-10-22(15-19)29-3/h8-12,15-17,23,28H,4-7,13-14,18H2,1-3H3/p+1/t23-/m1/s1. The van der Waals surface area contributed by atoms with E-state index in [0.29, 0.717) is 12.6 Å². The summed E-state index contributed by atoms with van der Waals surface area (Å²) >= 11 is 0. The van der Waals surface area contributed by atoms with Crippen molar-refractivity contribution in [1.82, 2.24) is 0 Å². The second-order valence-corrected chi connectivity index (χ2v) is 7.60. The smallest absolute Gasteiger partial charge is 0.133 e. The summed E-state index contributed by atoms with van der Waals surface area (Å²) in [6.45, 7) is 9.14. The minimum absolute atomic E-state index is 0.282. The Kier molecular flexibility index (Phi) is 7.53. The van der Waals surface area contributed by atoms with Gasteiger partial charge in [0.05, 0.1) is 26.7 Å². The van der Waals surface area contributed by atoms with Gasteiger partial charge in [-0.05, 0) is 38.1 Å². The molecule has 0 spiro atoms. The Bertz CT molecular complexity index is 812. The number of likely N-dealkylation sites (tertiary alicyclic amines) is 1. The van der Waals surface area contributed by atoms with Crippen LogP contribution in [0.15, 0.2) is 47.5 Å². The third kappa shape index (κ3) is 5.30. The third-order valence-electron chi connectivity index (χ3n) is 5.90. The van der Waals surface area contributed by atoms with Crippen LogP contribution in [0.4, 0.5) is 5.69 Å². The summed E-state index contributed by atoms with van der Waals surface area (Å²) in [6, 6.07) is 14.5. The van der Waals surface area contributed by atoms with E-state index in [0.717, 1.165) is 30.1 Å². The average molecular weight is 397 g/mol. The second-order valence-electron chi connectivity index (χ2n) is 7.60. The number of anilines is 1. The minimum atomic E-state index is 0.282. The maximum absolute atomic E-state index is 10.5. The molecule has 156 valence electrons. The van der Waals surface area contributed by atoms with Gasteiger partial charge in [-0.15, -0.1) is 0 Å². The summed E-state index contributed by atoms with van der Waals surface area (Å²) in [6.07, 6.45) is 4.35. The van der Waals surface area contributed by atoms with E-state index in [1.54, 1.807) is 12.0 Å². The number of hydrogen-bond donors (Lipinski definition) is 2. The van der Waals surface area contributed by atoms with Crippen molar-refractivity contribution in [2.75, 3.05) is 44.7 Å². The summed E-state index contributed by atoms with van der Waals surface area (Å²) in [5.74, 6) is 1.17. The number of aromatic hydroxyl groups is 1. The first kappa shape index (κ1) is 21.2. The van der Waals surface area contributed by atoms with Gasteiger partial charge in [0.2, 0.25) is 0 Å². The molecule has 0 aliphatic carbocycles. The maximum atomic E-state index is 10.5. The lowest BCUT2D eigenvalue weighted by atomic mass is 10.1. The van der Waals surface area contributed by atoms with Crippen molar-refractivity contribution in [3.05, 3.63) is 53.6 Å². The molecule has 1 heterocycles. The van der Waals surface area contributed by atoms with Gasteiger partial charge < -0.3 is 19.6 Å². The molecule has 0 radical (unpaired) electrons. The first-order chi connectivity index (χ1) is 14.2. The largest absolute Gasteiger partial charge is 0.507 e. The van der Waals surface area contributed by atoms with Gasteiger partial charge >= 0.3 is 0 Å². The van der Waals surface area contributed by atoms with E-state index in [2.05, 4.69) is 43.0 Å². The molecule has 29 heavy (non-hydrogen) atoms. The van der Waals surface area contributed by atoms with Crippen LogP contribution in [0, 0.1) is 0 Å². The molecule has 5 heteroatoms. The fourth-order valence-electron chi connectivity index (χ4n) is 4.19. The molecular formula is C24H34N3O2+. The molecule has 2 aromatic rings. The number of phenols is 1. The van der Waals surface area contributed by atoms with E-state index in [1.165, 1.54) is 31.5 Å². The van der Waals surface area contributed by atoms with Crippen LogP contribution in [-0.4, -0.2) is 51.2 Å². The number of nitrogens with zero attached hydrogens (tertiary/aromatic N) is 2. The van der Waals surface area contributed by atoms with E-state index in [9.17, 15) is 5.11 Å². The van der Waals surface area contributed by atoms with Crippen LogP contribution >= 0.6 is 0 Å². The van der Waals surface area contributed by atoms with Gasteiger partial charge in [0.1, 0.15) is 17.5 Å². The fraction of sp³-hybridized carbons (Fsp3) is 0.458. The van der Waals surface area contributed by atoms with Crippen molar-refractivity contribution in [3.8, 4) is 11.5 Å². The number of quaternary nitrogens is 1. The van der Waals surface area contributed by atoms with Crippen LogP contribution in [0.25, 0.3) is 0 Å². The van der Waals surface area contributed by atoms with Crippen molar-refractivity contribution < 1.29 is 14.7 Å². The highest BCUT2D eigenvalue weighted by molar-refractivity contribution is 5.84. The monoisotopic (exact) mass is 396 g/mol. The fourth-order valence-corrected chi connectivity index (χ4v) is 4.19. The summed E-state index contributed by atoms with van der Waals surface area (Å²) in [5, 5.41) is 10.5. The summed E-state index contributed by atoms with van der Waals surface area (Å²) in [5.41, 5.74) is 3.07. The van der Waals surface area contributed by atoms with Gasteiger partial charge in [0.25, 0.3) is 0 Å². The lowest BCUT2D eigenvalue weighted by Crippen LogP contribution is -3.10. The molecule has 0 amide bonds. The van der Waals surface area contributed by atoms with E-state index < -0.39 is 0 Å². The zero-order chi connectivity index (χ0) is 20.6. The molecule has 2 N–H and O–H groups in total. The van der Waals surface area contributed by atoms with Gasteiger partial charge in [-0.1, -0.05) is 12.1 Å². The first-order valence-electron chi connectivity index (χ1n) is 10.7. The molecule has 0 unspecified atom stereocenters. The molecule has 0 aromatic heterocycles. The van der Waals surface area contributed by atoms with Crippen molar-refractivity contribution in [2.24, 2.45) is 4.99 Å². The van der Waals surface area contributed by atoms with Gasteiger partial charge in [0.15, 0.2) is 0 Å². The highest BCUT2D eigenvalue weighted by Gasteiger charge is 2.27. The molecular weight excluding hydrogens is 362 g/mol. The number of ether oxygens (including phenoxy) is 1. The first-order valence-corrected chi connectivity index (χ1v) is 10.7. The van der Waals surface area contributed by atoms with E-state index in [4.69, 9.17) is 9.73 Å². The Morgan fingerprint density at radius 3 is 2.55 bits per heavy atom. The van der Waals surface area contributed by atoms with Crippen molar-refractivity contribution in [1.29, 1.82) is 0 Å². The Balaban J connectivity index is 1.76. The van der Waals surface area contributed by atoms with E-state index in [1.807, 2.05) is 24.4 Å². The third-order valence-corrected chi connectivity index (χ3v) is 5.90. The molecule has 0 bridgehead atoms. The molecule has 1 aliphatic rings. The maximum Gasteiger partial charge on any atom is 0.133 e. The second kappa shape index (κ2) is 10.3. The number of hydrogen-bond acceptors (Lipinski definition) is 4. The molecule has 1 fully saturated rings. The highest BCUT2D eigenvalue weighted by atomic mass is 16.5. The molecule has 1 saturated heterocycles. The van der Waals surface area contributed by atoms with Crippen molar-refractivity contribution in [3.63, 3.8) is 0 Å². The predicted octanol–water partition coefficient (Wildman–Crippen LogP) is 3.09. The molecule has 1 atom stereocenters. The Hall–Kier alpha value is -2.53. The molecule has 0 saturated carbocycles. The summed E-state index contributed by atoms with van der Waals surface area (Å²) in [4.78, 5) is 8.53. The van der Waals surface area contributed by atoms with Gasteiger partial charge in [-0.2, -0.15) is 0 Å². The summed E-state index contributed by atoms with van der Waals surface area (Å²) < 4.78 is 5.42. The predicted molar refractivity (Wildman–Crippen MR) is 120 cm³/mol. The van der Waals surface area contributed by atoms with Crippen LogP contribution in [-0.2, 0) is 0 Å². The molecule has 1 aliphatic heterocycles. The van der Waals surface area contributed by atoms with Gasteiger partial charge in [-0.25, -0.2) is 0 Å². The van der Waals surface area contributed by atoms with Gasteiger partial charge in [-0.3, -0.25) is 4.99 Å². The molecule has 5 nitrogen and oxygen atoms in total. The average Bonchev–Trinajstić information content (AvgIpc) is 3.28. The van der Waals surface area contributed by atoms with Crippen LogP contribution in [0.1, 0.15) is 43.9 Å². The molecule has 3 rings (SSSR count). The lowest BCUT2D eigenvalue weighted by molar-refractivity contribution is -0.918. The van der Waals surface area contributed by atoms with Crippen molar-refractivity contribution in [2.45, 2.75) is 32.7 Å². The van der Waals surface area contributed by atoms with Crippen LogP contribution in [0.5, 0.6) is 11.5 Å². The van der Waals surface area contributed by atoms with Crippen LogP contribution in [0.2, 0.25) is 0 Å². The highest BCUT2D eigenvalue weighted by Crippen LogP contribution is 2.24. The minimum Gasteiger partial charge on any atom is -0.507 e. The Morgan fingerprint density at radius 2 is 1.90 bits per heavy atom. The number of phenolic OH excluding ortho intramolecular Hbond substituents is 1. The quantitative estimate of drug-likeness (QED) is 0.641. The number of aliphatic imine (C=N–C) groups is 1. The SMILES string of the molecule is CCN(CC)c1ccc(C=NC[C@H](c2cccc(OC)c2)[NH+]2CCCC2)c(O)c1. The number of rotatable bonds is 9. The molecule has 2 aromatic carbocycles. The lowest BCUT2D eigenvalue weighted by Gasteiger charge is -2.24. The normalized spacial score (nSPS) is 15.7. The number of benzene rings is 2. The van der Waals surface area contributed by atoms with Crippen LogP contribution < -0.4 is 14.5 Å². The number of nitrogens with one attached hydrogen (secondary N) is 1. The van der Waals surface area contributed by atoms with E-state index >= 15 is 0 Å². The topological polar surface area (TPSA) is 49.5 Å². The van der Waals surface area contributed by atoms with E-state index in [-0.39, 0.29) is 5.75 Å². The Labute approximate surface area is 174 Å². The van der Waals surface area contributed by atoms with Gasteiger partial charge in [0, 0.05) is 55.0 Å². The Morgan fingerprint density at radius 1 is 1.14 bits per heavy atom. The van der Waals surface area contributed by atoms with Crippen LogP contribution in [0.3, 0.4) is 0 Å². The zero-order valence-electron chi connectivity index (χ0n) is 17.9. The number of methoxy groups -OCH3 is 1. The van der Waals surface area contributed by atoms with Crippen molar-refractivity contribution >= 4 is 11.9 Å².